The van der Waals surface area contributed by atoms with E-state index in [1.165, 1.54) is 0 Å². The number of benzene rings is 3. The number of ether oxygens (including phenoxy) is 1. The first-order valence-electron chi connectivity index (χ1n) is 11.1. The lowest BCUT2D eigenvalue weighted by molar-refractivity contribution is -0.120. The number of imide groups is 1. The van der Waals surface area contributed by atoms with E-state index in [9.17, 15) is 14.4 Å². The Kier molecular flexibility index (Phi) is 7.17. The zero-order valence-corrected chi connectivity index (χ0v) is 20.1. The summed E-state index contributed by atoms with van der Waals surface area (Å²) in [5.41, 5.74) is 2.60. The van der Waals surface area contributed by atoms with Crippen molar-refractivity contribution >= 4 is 46.4 Å². The van der Waals surface area contributed by atoms with Gasteiger partial charge >= 0.3 is 0 Å². The lowest BCUT2D eigenvalue weighted by Gasteiger charge is -2.17. The fraction of sp³-hybridized carbons (Fsp3) is 0.148. The number of nitrogens with zero attached hydrogens (tertiary/aromatic N) is 2. The Morgan fingerprint density at radius 2 is 1.60 bits per heavy atom. The molecule has 0 atom stereocenters. The van der Waals surface area contributed by atoms with E-state index in [2.05, 4.69) is 5.32 Å². The third-order valence-corrected chi connectivity index (χ3v) is 5.88. The number of likely N-dealkylation sites (N-methyl/N-ethyl adjacent to an activating group) is 1. The van der Waals surface area contributed by atoms with Crippen molar-refractivity contribution in [3.05, 3.63) is 95.2 Å². The summed E-state index contributed by atoms with van der Waals surface area (Å²) in [5.74, 6) is -0.561. The van der Waals surface area contributed by atoms with E-state index in [0.29, 0.717) is 23.7 Å². The van der Waals surface area contributed by atoms with E-state index in [-0.39, 0.29) is 23.1 Å². The Bertz CT molecular complexity index is 1270. The molecule has 0 saturated carbocycles. The third-order valence-electron chi connectivity index (χ3n) is 5.53. The summed E-state index contributed by atoms with van der Waals surface area (Å²) in [7, 11) is 1.74. The van der Waals surface area contributed by atoms with E-state index in [1.54, 1.807) is 60.5 Å². The minimum Gasteiger partial charge on any atom is -0.494 e. The molecule has 0 aromatic heterocycles. The molecule has 3 aromatic rings. The molecule has 4 rings (SSSR count). The average Bonchev–Trinajstić information content (AvgIpc) is 3.09. The van der Waals surface area contributed by atoms with Gasteiger partial charge in [0.2, 0.25) is 5.91 Å². The summed E-state index contributed by atoms with van der Waals surface area (Å²) in [5, 5.41) is 2.76. The molecule has 178 valence electrons. The zero-order chi connectivity index (χ0) is 24.9. The van der Waals surface area contributed by atoms with Gasteiger partial charge < -0.3 is 15.0 Å². The molecule has 1 aliphatic rings. The number of carbonyl (C=O) groups is 3. The maximum atomic E-state index is 13.0. The van der Waals surface area contributed by atoms with Crippen LogP contribution in [0.1, 0.15) is 12.5 Å². The van der Waals surface area contributed by atoms with Gasteiger partial charge in [-0.1, -0.05) is 41.9 Å². The van der Waals surface area contributed by atoms with Gasteiger partial charge in [-0.05, 0) is 61.0 Å². The number of hydrogen-bond donors (Lipinski definition) is 1. The van der Waals surface area contributed by atoms with Crippen molar-refractivity contribution in [2.45, 2.75) is 13.3 Å². The molecule has 0 spiro atoms. The molecule has 1 aliphatic heterocycles. The number of nitrogens with one attached hydrogen (secondary N) is 1. The summed E-state index contributed by atoms with van der Waals surface area (Å²) in [6, 6.07) is 23.1. The highest BCUT2D eigenvalue weighted by Crippen LogP contribution is 2.31. The largest absolute Gasteiger partial charge is 0.494 e. The van der Waals surface area contributed by atoms with Crippen LogP contribution in [0.5, 0.6) is 5.75 Å². The van der Waals surface area contributed by atoms with Gasteiger partial charge in [0.1, 0.15) is 16.5 Å². The first kappa shape index (κ1) is 24.0. The summed E-state index contributed by atoms with van der Waals surface area (Å²) in [6.07, 6.45) is 0.220. The van der Waals surface area contributed by atoms with Crippen LogP contribution in [0.4, 0.5) is 17.1 Å². The van der Waals surface area contributed by atoms with Crippen molar-refractivity contribution in [3.8, 4) is 5.75 Å². The number of para-hydroxylation sites is 1. The topological polar surface area (TPSA) is 79.0 Å². The molecule has 0 saturated heterocycles. The molecule has 8 heteroatoms. The number of rotatable bonds is 8. The van der Waals surface area contributed by atoms with Crippen LogP contribution in [0.15, 0.2) is 89.6 Å². The van der Waals surface area contributed by atoms with Crippen LogP contribution in [0.2, 0.25) is 0 Å². The van der Waals surface area contributed by atoms with E-state index in [1.807, 2.05) is 37.3 Å². The van der Waals surface area contributed by atoms with Gasteiger partial charge in [-0.15, -0.1) is 0 Å². The molecule has 3 amide bonds. The molecule has 1 N–H and O–H groups in total. The van der Waals surface area contributed by atoms with Crippen LogP contribution in [0, 0.1) is 0 Å². The third kappa shape index (κ3) is 5.20. The second-order valence-electron chi connectivity index (χ2n) is 7.85. The van der Waals surface area contributed by atoms with Crippen molar-refractivity contribution < 1.29 is 19.1 Å². The summed E-state index contributed by atoms with van der Waals surface area (Å²) >= 11 is 6.22. The van der Waals surface area contributed by atoms with Crippen LogP contribution in [-0.2, 0) is 20.8 Å². The molecular weight excluding hydrogens is 466 g/mol. The van der Waals surface area contributed by atoms with Crippen LogP contribution in [0.3, 0.4) is 0 Å². The van der Waals surface area contributed by atoms with Gasteiger partial charge in [0.25, 0.3) is 11.8 Å². The molecular formula is C27H24ClN3O4. The van der Waals surface area contributed by atoms with Gasteiger partial charge in [-0.2, -0.15) is 0 Å². The van der Waals surface area contributed by atoms with Gasteiger partial charge in [-0.25, -0.2) is 4.90 Å². The van der Waals surface area contributed by atoms with Crippen LogP contribution in [-0.4, -0.2) is 31.4 Å². The smallest absolute Gasteiger partial charge is 0.283 e. The predicted molar refractivity (Wildman–Crippen MR) is 137 cm³/mol. The highest BCUT2D eigenvalue weighted by molar-refractivity contribution is 6.53. The fourth-order valence-corrected chi connectivity index (χ4v) is 3.86. The number of halogens is 1. The molecule has 0 fully saturated rings. The Morgan fingerprint density at radius 1 is 0.943 bits per heavy atom. The van der Waals surface area contributed by atoms with Gasteiger partial charge in [0, 0.05) is 18.4 Å². The zero-order valence-electron chi connectivity index (χ0n) is 19.3. The van der Waals surface area contributed by atoms with Gasteiger partial charge in [-0.3, -0.25) is 14.4 Å². The number of amides is 3. The SMILES string of the molecule is CCOc1ccc(N2C(=O)C(Cl)=C(Nc3ccc(CC(=O)N(C)c4ccccc4)cc3)C2=O)cc1. The summed E-state index contributed by atoms with van der Waals surface area (Å²) in [4.78, 5) is 40.9. The van der Waals surface area contributed by atoms with Crippen LogP contribution < -0.4 is 19.9 Å². The van der Waals surface area contributed by atoms with E-state index in [0.717, 1.165) is 16.2 Å². The second-order valence-corrected chi connectivity index (χ2v) is 8.23. The maximum Gasteiger partial charge on any atom is 0.283 e. The van der Waals surface area contributed by atoms with Gasteiger partial charge in [0.15, 0.2) is 0 Å². The van der Waals surface area contributed by atoms with E-state index >= 15 is 0 Å². The van der Waals surface area contributed by atoms with Crippen molar-refractivity contribution in [3.63, 3.8) is 0 Å². The molecule has 0 bridgehead atoms. The minimum atomic E-state index is -0.602. The molecule has 0 radical (unpaired) electrons. The van der Waals surface area contributed by atoms with Crippen molar-refractivity contribution in [1.29, 1.82) is 0 Å². The first-order chi connectivity index (χ1) is 16.9. The van der Waals surface area contributed by atoms with Gasteiger partial charge in [0.05, 0.1) is 18.7 Å². The number of hydrogen-bond acceptors (Lipinski definition) is 5. The van der Waals surface area contributed by atoms with E-state index < -0.39 is 11.8 Å². The Labute approximate surface area is 208 Å². The highest BCUT2D eigenvalue weighted by Gasteiger charge is 2.39. The highest BCUT2D eigenvalue weighted by atomic mass is 35.5. The summed E-state index contributed by atoms with van der Waals surface area (Å²) in [6.45, 7) is 2.38. The molecule has 7 nitrogen and oxygen atoms in total. The van der Waals surface area contributed by atoms with Crippen LogP contribution >= 0.6 is 11.6 Å². The monoisotopic (exact) mass is 489 g/mol. The quantitative estimate of drug-likeness (QED) is 0.463. The molecule has 3 aromatic carbocycles. The average molecular weight is 490 g/mol. The summed E-state index contributed by atoms with van der Waals surface area (Å²) < 4.78 is 5.41. The normalized spacial score (nSPS) is 13.3. The first-order valence-corrected chi connectivity index (χ1v) is 11.5. The Hall–Kier alpha value is -4.10. The van der Waals surface area contributed by atoms with E-state index in [4.69, 9.17) is 16.3 Å². The molecule has 0 aliphatic carbocycles. The molecule has 35 heavy (non-hydrogen) atoms. The molecule has 1 heterocycles. The Morgan fingerprint density at radius 3 is 2.23 bits per heavy atom. The lowest BCUT2D eigenvalue weighted by Crippen LogP contribution is -2.32. The predicted octanol–water partition coefficient (Wildman–Crippen LogP) is 4.73. The van der Waals surface area contributed by atoms with Crippen molar-refractivity contribution in [1.82, 2.24) is 0 Å². The number of anilines is 3. The fourth-order valence-electron chi connectivity index (χ4n) is 3.64. The second kappa shape index (κ2) is 10.4. The van der Waals surface area contributed by atoms with Crippen LogP contribution in [0.25, 0.3) is 0 Å². The minimum absolute atomic E-state index is 0.00168. The molecule has 0 unspecified atom stereocenters. The van der Waals surface area contributed by atoms with Crippen molar-refractivity contribution in [2.75, 3.05) is 28.8 Å². The Balaban J connectivity index is 1.43. The number of carbonyl (C=O) groups excluding carboxylic acids is 3. The van der Waals surface area contributed by atoms with Crippen molar-refractivity contribution in [2.24, 2.45) is 0 Å². The standard InChI is InChI=1S/C27H24ClN3O4/c1-3-35-22-15-13-21(14-16-22)31-26(33)24(28)25(27(31)34)29-19-11-9-18(10-12-19)17-23(32)30(2)20-7-5-4-6-8-20/h4-16,29H,3,17H2,1-2H3. The maximum absolute atomic E-state index is 13.0. The lowest BCUT2D eigenvalue weighted by atomic mass is 10.1.